The van der Waals surface area contributed by atoms with Crippen LogP contribution in [0.2, 0.25) is 0 Å². The van der Waals surface area contributed by atoms with Crippen molar-refractivity contribution in [2.45, 2.75) is 6.92 Å². The Morgan fingerprint density at radius 2 is 1.85 bits per heavy atom. The number of methoxy groups -OCH3 is 1. The summed E-state index contributed by atoms with van der Waals surface area (Å²) in [5.74, 6) is -0.352. The molecule has 3 aromatic rings. The number of allylic oxidation sites excluding steroid dienone is 1. The predicted molar refractivity (Wildman–Crippen MR) is 103 cm³/mol. The van der Waals surface area contributed by atoms with E-state index in [-0.39, 0.29) is 17.1 Å². The average Bonchev–Trinajstić information content (AvgIpc) is 3.28. The third-order valence-electron chi connectivity index (χ3n) is 4.63. The van der Waals surface area contributed by atoms with Crippen LogP contribution in [-0.2, 0) is 14.3 Å². The molecule has 1 aliphatic heterocycles. The van der Waals surface area contributed by atoms with E-state index < -0.39 is 5.97 Å². The molecule has 0 unspecified atom stereocenters. The highest BCUT2D eigenvalue weighted by molar-refractivity contribution is 6.25. The molecular weight excluding hydrogens is 342 g/mol. The molecule has 134 valence electrons. The van der Waals surface area contributed by atoms with E-state index in [0.717, 1.165) is 16.5 Å². The maximum Gasteiger partial charge on any atom is 0.340 e. The van der Waals surface area contributed by atoms with E-state index in [9.17, 15) is 9.59 Å². The van der Waals surface area contributed by atoms with Crippen LogP contribution in [0.25, 0.3) is 16.8 Å². The number of hydrogen-bond donors (Lipinski definition) is 0. The first-order valence-corrected chi connectivity index (χ1v) is 8.49. The summed E-state index contributed by atoms with van der Waals surface area (Å²) < 4.78 is 10.3. The Morgan fingerprint density at radius 1 is 1.07 bits per heavy atom. The molecule has 1 amide bonds. The number of amides is 1. The number of carbonyl (C=O) groups excluding carboxylic acids is 2. The van der Waals surface area contributed by atoms with E-state index in [2.05, 4.69) is 0 Å². The van der Waals surface area contributed by atoms with Gasteiger partial charge in [-0.2, -0.15) is 0 Å². The van der Waals surface area contributed by atoms with Gasteiger partial charge in [-0.05, 0) is 36.6 Å². The fraction of sp³-hybridized carbons (Fsp3) is 0.0909. The summed E-state index contributed by atoms with van der Waals surface area (Å²) in [6.07, 6.45) is 3.09. The second-order valence-electron chi connectivity index (χ2n) is 6.16. The summed E-state index contributed by atoms with van der Waals surface area (Å²) in [5, 5.41) is 1.94. The van der Waals surface area contributed by atoms with E-state index >= 15 is 0 Å². The quantitative estimate of drug-likeness (QED) is 0.516. The second-order valence-corrected chi connectivity index (χ2v) is 6.16. The number of anilines is 1. The summed E-state index contributed by atoms with van der Waals surface area (Å²) in [7, 11) is 1.30. The molecule has 0 atom stereocenters. The van der Waals surface area contributed by atoms with Gasteiger partial charge in [0.05, 0.1) is 30.2 Å². The van der Waals surface area contributed by atoms with E-state index in [1.807, 2.05) is 42.5 Å². The standard InChI is InChI=1S/C22H17NO4/c1-14-20(22(25)26-2)18(13-16-9-6-12-27-16)21(24)23(14)19-11-5-8-15-7-3-4-10-17(15)19/h3-13H,1-2H3. The minimum Gasteiger partial charge on any atom is -0.465 e. The summed E-state index contributed by atoms with van der Waals surface area (Å²) >= 11 is 0. The van der Waals surface area contributed by atoms with Gasteiger partial charge >= 0.3 is 5.97 Å². The Balaban J connectivity index is 1.93. The molecule has 0 saturated carbocycles. The molecule has 0 radical (unpaired) electrons. The smallest absolute Gasteiger partial charge is 0.340 e. The summed E-state index contributed by atoms with van der Waals surface area (Å²) in [6.45, 7) is 1.74. The number of hydrogen-bond acceptors (Lipinski definition) is 4. The molecule has 4 rings (SSSR count). The van der Waals surface area contributed by atoms with Crippen molar-refractivity contribution in [3.63, 3.8) is 0 Å². The van der Waals surface area contributed by atoms with Crippen molar-refractivity contribution >= 4 is 34.4 Å². The lowest BCUT2D eigenvalue weighted by Gasteiger charge is -2.20. The van der Waals surface area contributed by atoms with E-state index in [1.54, 1.807) is 30.0 Å². The lowest BCUT2D eigenvalue weighted by molar-refractivity contribution is -0.136. The SMILES string of the molecule is COC(=O)C1=C(C)N(c2cccc3ccccc23)C(=O)C1=Cc1ccco1. The number of benzene rings is 2. The highest BCUT2D eigenvalue weighted by Crippen LogP contribution is 2.38. The Hall–Kier alpha value is -3.60. The van der Waals surface area contributed by atoms with Gasteiger partial charge in [-0.1, -0.05) is 36.4 Å². The van der Waals surface area contributed by atoms with Crippen LogP contribution in [0, 0.1) is 0 Å². The van der Waals surface area contributed by atoms with Gasteiger partial charge < -0.3 is 9.15 Å². The third-order valence-corrected chi connectivity index (χ3v) is 4.63. The molecule has 0 saturated heterocycles. The van der Waals surface area contributed by atoms with Crippen LogP contribution >= 0.6 is 0 Å². The largest absolute Gasteiger partial charge is 0.465 e. The van der Waals surface area contributed by atoms with Crippen molar-refractivity contribution in [3.8, 4) is 0 Å². The van der Waals surface area contributed by atoms with E-state index in [0.29, 0.717) is 11.5 Å². The minimum absolute atomic E-state index is 0.242. The zero-order valence-corrected chi connectivity index (χ0v) is 14.9. The van der Waals surface area contributed by atoms with Crippen LogP contribution in [0.5, 0.6) is 0 Å². The molecule has 1 aliphatic rings. The van der Waals surface area contributed by atoms with Gasteiger partial charge in [-0.25, -0.2) is 4.79 Å². The van der Waals surface area contributed by atoms with Gasteiger partial charge in [0.1, 0.15) is 5.76 Å². The summed E-state index contributed by atoms with van der Waals surface area (Å²) in [5.41, 5.74) is 1.75. The molecule has 2 heterocycles. The molecule has 27 heavy (non-hydrogen) atoms. The zero-order chi connectivity index (χ0) is 19.0. The van der Waals surface area contributed by atoms with E-state index in [1.165, 1.54) is 13.4 Å². The highest BCUT2D eigenvalue weighted by atomic mass is 16.5. The van der Waals surface area contributed by atoms with Crippen LogP contribution < -0.4 is 4.90 Å². The Labute approximate surface area is 156 Å². The number of ether oxygens (including phenoxy) is 1. The molecule has 0 spiro atoms. The Kier molecular flexibility index (Phi) is 4.12. The number of nitrogens with zero attached hydrogens (tertiary/aromatic N) is 1. The molecule has 0 aliphatic carbocycles. The number of fused-ring (bicyclic) bond motifs is 1. The molecule has 0 N–H and O–H groups in total. The highest BCUT2D eigenvalue weighted by Gasteiger charge is 2.38. The monoisotopic (exact) mass is 359 g/mol. The van der Waals surface area contributed by atoms with Crippen LogP contribution in [0.1, 0.15) is 12.7 Å². The first-order valence-electron chi connectivity index (χ1n) is 8.49. The fourth-order valence-corrected chi connectivity index (χ4v) is 3.39. The molecule has 1 aromatic heterocycles. The van der Waals surface area contributed by atoms with Gasteiger partial charge in [-0.3, -0.25) is 9.69 Å². The molecule has 0 fully saturated rings. The lowest BCUT2D eigenvalue weighted by atomic mass is 10.1. The van der Waals surface area contributed by atoms with Crippen LogP contribution in [0.3, 0.4) is 0 Å². The normalized spacial score (nSPS) is 15.9. The van der Waals surface area contributed by atoms with Crippen molar-refractivity contribution in [3.05, 3.63) is 83.5 Å². The topological polar surface area (TPSA) is 59.8 Å². The van der Waals surface area contributed by atoms with Gasteiger partial charge in [0.2, 0.25) is 0 Å². The number of furan rings is 1. The first-order chi connectivity index (χ1) is 13.1. The maximum absolute atomic E-state index is 13.3. The maximum atomic E-state index is 13.3. The Bertz CT molecular complexity index is 1100. The molecular formula is C22H17NO4. The lowest BCUT2D eigenvalue weighted by Crippen LogP contribution is -2.24. The average molecular weight is 359 g/mol. The van der Waals surface area contributed by atoms with Crippen LogP contribution in [0.15, 0.2) is 82.1 Å². The molecule has 0 bridgehead atoms. The van der Waals surface area contributed by atoms with Gasteiger partial charge in [0.25, 0.3) is 5.91 Å². The summed E-state index contributed by atoms with van der Waals surface area (Å²) in [4.78, 5) is 27.3. The second kappa shape index (κ2) is 6.61. The number of rotatable bonds is 3. The van der Waals surface area contributed by atoms with Crippen LogP contribution in [0.4, 0.5) is 5.69 Å². The van der Waals surface area contributed by atoms with E-state index in [4.69, 9.17) is 9.15 Å². The van der Waals surface area contributed by atoms with Gasteiger partial charge in [0.15, 0.2) is 0 Å². The van der Waals surface area contributed by atoms with Gasteiger partial charge in [-0.15, -0.1) is 0 Å². The molecule has 5 heteroatoms. The Morgan fingerprint density at radius 3 is 2.59 bits per heavy atom. The number of esters is 1. The molecule has 2 aromatic carbocycles. The minimum atomic E-state index is -0.554. The zero-order valence-electron chi connectivity index (χ0n) is 14.9. The van der Waals surface area contributed by atoms with Crippen molar-refractivity contribution in [2.75, 3.05) is 12.0 Å². The fourth-order valence-electron chi connectivity index (χ4n) is 3.39. The van der Waals surface area contributed by atoms with Gasteiger partial charge in [0, 0.05) is 11.1 Å². The van der Waals surface area contributed by atoms with Crippen molar-refractivity contribution in [1.82, 2.24) is 0 Å². The van der Waals surface area contributed by atoms with Crippen molar-refractivity contribution < 1.29 is 18.7 Å². The first kappa shape index (κ1) is 16.8. The third kappa shape index (κ3) is 2.73. The predicted octanol–water partition coefficient (Wildman–Crippen LogP) is 4.31. The van der Waals surface area contributed by atoms with Crippen LogP contribution in [-0.4, -0.2) is 19.0 Å². The van der Waals surface area contributed by atoms with Crippen molar-refractivity contribution in [1.29, 1.82) is 0 Å². The summed E-state index contributed by atoms with van der Waals surface area (Å²) in [6, 6.07) is 17.0. The number of carbonyl (C=O) groups is 2. The van der Waals surface area contributed by atoms with Crippen molar-refractivity contribution in [2.24, 2.45) is 0 Å². The molecule has 5 nitrogen and oxygen atoms in total.